The number of rotatable bonds is 5. The van der Waals surface area contributed by atoms with Crippen LogP contribution in [0.1, 0.15) is 39.0 Å². The molecule has 0 aliphatic rings. The zero-order valence-corrected chi connectivity index (χ0v) is 10.0. The highest BCUT2D eigenvalue weighted by molar-refractivity contribution is 7.86. The Kier molecular flexibility index (Phi) is 9.89. The lowest BCUT2D eigenvalue weighted by Gasteiger charge is -2.08. The number of alkyl halides is 3. The molecule has 0 aromatic rings. The highest BCUT2D eigenvalue weighted by atomic mass is 32.2. The predicted molar refractivity (Wildman–Crippen MR) is 52.3 cm³/mol. The minimum absolute atomic E-state index is 1.11. The van der Waals surface area contributed by atoms with Crippen LogP contribution in [0.5, 0.6) is 0 Å². The van der Waals surface area contributed by atoms with Crippen molar-refractivity contribution in [3.8, 4) is 0 Å². The van der Waals surface area contributed by atoms with Gasteiger partial charge in [0.15, 0.2) is 10.1 Å². The van der Waals surface area contributed by atoms with Gasteiger partial charge in [0, 0.05) is 0 Å². The minimum atomic E-state index is -6.09. The van der Waals surface area contributed by atoms with Gasteiger partial charge in [-0.2, -0.15) is 13.2 Å². The quantitative estimate of drug-likeness (QED) is 0.461. The first-order valence-corrected chi connectivity index (χ1v) is 6.39. The molecule has 0 atom stereocenters. The van der Waals surface area contributed by atoms with Crippen LogP contribution in [0.3, 0.4) is 0 Å². The first-order valence-electron chi connectivity index (χ1n) is 4.98. The molecule has 16 heavy (non-hydrogen) atoms. The van der Waals surface area contributed by atoms with E-state index in [1.54, 1.807) is 0 Å². The number of hydrogen-bond acceptors (Lipinski definition) is 3. The molecule has 0 amide bonds. The van der Waals surface area contributed by atoms with Gasteiger partial charge < -0.3 is 10.3 Å². The number of halogens is 3. The van der Waals surface area contributed by atoms with Gasteiger partial charge in [0.1, 0.15) is 0 Å². The summed E-state index contributed by atoms with van der Waals surface area (Å²) in [6, 6.07) is 0. The van der Waals surface area contributed by atoms with Gasteiger partial charge in [-0.3, -0.25) is 0 Å². The molecule has 0 bridgehead atoms. The normalized spacial score (nSPS) is 11.9. The van der Waals surface area contributed by atoms with Crippen molar-refractivity contribution in [3.63, 3.8) is 0 Å². The Balaban J connectivity index is 0. The van der Waals surface area contributed by atoms with Crippen molar-refractivity contribution in [1.29, 1.82) is 0 Å². The third-order valence-corrected chi connectivity index (χ3v) is 2.20. The third kappa shape index (κ3) is 11.7. The number of quaternary nitrogens is 1. The second-order valence-electron chi connectivity index (χ2n) is 3.17. The Morgan fingerprint density at radius 1 is 1.12 bits per heavy atom. The fraction of sp³-hybridized carbons (Fsp3) is 1.00. The Morgan fingerprint density at radius 2 is 1.50 bits per heavy atom. The van der Waals surface area contributed by atoms with E-state index in [1.807, 2.05) is 0 Å². The third-order valence-electron chi connectivity index (χ3n) is 1.64. The van der Waals surface area contributed by atoms with Gasteiger partial charge in [0.2, 0.25) is 0 Å². The smallest absolute Gasteiger partial charge is 0.485 e. The zero-order valence-electron chi connectivity index (χ0n) is 9.22. The molecule has 0 heterocycles. The van der Waals surface area contributed by atoms with Gasteiger partial charge in [-0.1, -0.05) is 26.2 Å². The summed E-state index contributed by atoms with van der Waals surface area (Å²) in [5, 5.41) is 0. The fourth-order valence-corrected chi connectivity index (χ4v) is 0.780. The number of unbranched alkanes of at least 4 members (excludes halogenated alkanes) is 4. The van der Waals surface area contributed by atoms with E-state index in [0.717, 1.165) is 6.54 Å². The van der Waals surface area contributed by atoms with Crippen LogP contribution in [-0.4, -0.2) is 25.0 Å². The molecule has 8 heteroatoms. The number of hydrogen-bond donors (Lipinski definition) is 1. The fourth-order valence-electron chi connectivity index (χ4n) is 0.780. The second kappa shape index (κ2) is 8.77. The molecule has 0 unspecified atom stereocenters. The largest absolute Gasteiger partial charge is 0.741 e. The SMILES string of the molecule is CCCCCCC[NH3+].O=S(=O)([O-])C(F)(F)F. The van der Waals surface area contributed by atoms with Crippen LogP contribution in [-0.2, 0) is 10.1 Å². The highest BCUT2D eigenvalue weighted by Crippen LogP contribution is 2.20. The zero-order chi connectivity index (χ0) is 13.2. The van der Waals surface area contributed by atoms with E-state index in [0.29, 0.717) is 0 Å². The van der Waals surface area contributed by atoms with E-state index in [1.165, 1.54) is 32.1 Å². The topological polar surface area (TPSA) is 84.8 Å². The summed E-state index contributed by atoms with van der Waals surface area (Å²) in [5.74, 6) is 0. The summed E-state index contributed by atoms with van der Waals surface area (Å²) in [6.45, 7) is 3.36. The van der Waals surface area contributed by atoms with E-state index in [9.17, 15) is 13.2 Å². The van der Waals surface area contributed by atoms with Crippen molar-refractivity contribution in [1.82, 2.24) is 0 Å². The van der Waals surface area contributed by atoms with Crippen LogP contribution >= 0.6 is 0 Å². The van der Waals surface area contributed by atoms with Crippen molar-refractivity contribution in [2.45, 2.75) is 44.5 Å². The Hall–Kier alpha value is -0.340. The molecular weight excluding hydrogens is 247 g/mol. The van der Waals surface area contributed by atoms with Gasteiger partial charge >= 0.3 is 5.51 Å². The van der Waals surface area contributed by atoms with Gasteiger partial charge in [0.25, 0.3) is 0 Å². The van der Waals surface area contributed by atoms with Crippen LogP contribution in [0, 0.1) is 0 Å². The van der Waals surface area contributed by atoms with Crippen LogP contribution in [0.4, 0.5) is 13.2 Å². The monoisotopic (exact) mass is 265 g/mol. The van der Waals surface area contributed by atoms with Gasteiger partial charge in [-0.25, -0.2) is 8.42 Å². The summed E-state index contributed by atoms with van der Waals surface area (Å²) in [6.07, 6.45) is 6.86. The average Bonchev–Trinajstić information content (AvgIpc) is 2.10. The second-order valence-corrected chi connectivity index (χ2v) is 4.54. The van der Waals surface area contributed by atoms with Crippen molar-refractivity contribution < 1.29 is 31.9 Å². The van der Waals surface area contributed by atoms with E-state index < -0.39 is 15.6 Å². The lowest BCUT2D eigenvalue weighted by atomic mass is 10.2. The standard InChI is InChI=1S/C7H17N.CHF3O3S/c1-2-3-4-5-6-7-8;2-1(3,4)8(5,6)7/h2-8H2,1H3;(H,5,6,7). The molecule has 0 aliphatic heterocycles. The molecular formula is C8H18F3NO3S. The molecule has 4 nitrogen and oxygen atoms in total. The summed E-state index contributed by atoms with van der Waals surface area (Å²) in [4.78, 5) is 0. The summed E-state index contributed by atoms with van der Waals surface area (Å²) in [7, 11) is -6.09. The molecule has 0 aromatic carbocycles. The first-order chi connectivity index (χ1) is 7.16. The summed E-state index contributed by atoms with van der Waals surface area (Å²) < 4.78 is 58.9. The molecule has 0 radical (unpaired) electrons. The van der Waals surface area contributed by atoms with E-state index in [4.69, 9.17) is 13.0 Å². The Labute approximate surface area is 93.8 Å². The maximum absolute atomic E-state index is 10.7. The Bertz CT molecular complexity index is 246. The molecule has 0 saturated carbocycles. The summed E-state index contributed by atoms with van der Waals surface area (Å²) in [5.41, 5.74) is -1.86. The maximum atomic E-state index is 10.7. The molecule has 0 spiro atoms. The van der Waals surface area contributed by atoms with E-state index in [-0.39, 0.29) is 0 Å². The average molecular weight is 265 g/mol. The molecule has 0 aliphatic carbocycles. The van der Waals surface area contributed by atoms with Crippen molar-refractivity contribution in [3.05, 3.63) is 0 Å². The van der Waals surface area contributed by atoms with Crippen LogP contribution < -0.4 is 5.73 Å². The van der Waals surface area contributed by atoms with Gasteiger partial charge in [0.05, 0.1) is 6.54 Å². The molecule has 0 saturated heterocycles. The first kappa shape index (κ1) is 18.0. The van der Waals surface area contributed by atoms with Gasteiger partial charge in [-0.15, -0.1) is 0 Å². The highest BCUT2D eigenvalue weighted by Gasteiger charge is 2.36. The summed E-state index contributed by atoms with van der Waals surface area (Å²) >= 11 is 0. The van der Waals surface area contributed by atoms with Crippen LogP contribution in [0.15, 0.2) is 0 Å². The molecule has 0 fully saturated rings. The van der Waals surface area contributed by atoms with Crippen molar-refractivity contribution >= 4 is 10.1 Å². The van der Waals surface area contributed by atoms with E-state index in [2.05, 4.69) is 12.7 Å². The lowest BCUT2D eigenvalue weighted by molar-refractivity contribution is -0.368. The lowest BCUT2D eigenvalue weighted by Crippen LogP contribution is -2.50. The molecule has 3 N–H and O–H groups in total. The predicted octanol–water partition coefficient (Wildman–Crippen LogP) is 1.25. The molecule has 0 aromatic heterocycles. The molecule has 100 valence electrons. The van der Waals surface area contributed by atoms with Crippen LogP contribution in [0.2, 0.25) is 0 Å². The minimum Gasteiger partial charge on any atom is -0.741 e. The maximum Gasteiger partial charge on any atom is 0.485 e. The van der Waals surface area contributed by atoms with Crippen LogP contribution in [0.25, 0.3) is 0 Å². The van der Waals surface area contributed by atoms with E-state index >= 15 is 0 Å². The van der Waals surface area contributed by atoms with Crippen molar-refractivity contribution in [2.75, 3.05) is 6.54 Å². The van der Waals surface area contributed by atoms with Gasteiger partial charge in [-0.05, 0) is 12.8 Å². The van der Waals surface area contributed by atoms with Crippen molar-refractivity contribution in [2.24, 2.45) is 0 Å². The Morgan fingerprint density at radius 3 is 1.75 bits per heavy atom. The molecule has 0 rings (SSSR count).